The van der Waals surface area contributed by atoms with Crippen LogP contribution in [-0.4, -0.2) is 23.8 Å². The third-order valence-electron chi connectivity index (χ3n) is 2.50. The van der Waals surface area contributed by atoms with Gasteiger partial charge in [0.05, 0.1) is 6.61 Å². The highest BCUT2D eigenvalue weighted by atomic mass is 16.3. The van der Waals surface area contributed by atoms with Crippen LogP contribution >= 0.6 is 0 Å². The van der Waals surface area contributed by atoms with Gasteiger partial charge in [-0.05, 0) is 31.2 Å². The van der Waals surface area contributed by atoms with Crippen LogP contribution in [0.5, 0.6) is 0 Å². The van der Waals surface area contributed by atoms with Gasteiger partial charge in [-0.1, -0.05) is 20.8 Å². The van der Waals surface area contributed by atoms with E-state index in [2.05, 4.69) is 26.1 Å². The molecule has 1 heterocycles. The third-order valence-corrected chi connectivity index (χ3v) is 2.50. The molecule has 2 nitrogen and oxygen atoms in total. The predicted molar refractivity (Wildman–Crippen MR) is 51.1 cm³/mol. The van der Waals surface area contributed by atoms with Gasteiger partial charge in [-0.3, -0.25) is 0 Å². The van der Waals surface area contributed by atoms with Gasteiger partial charge in [0.1, 0.15) is 0 Å². The first-order chi connectivity index (χ1) is 5.47. The van der Waals surface area contributed by atoms with E-state index in [0.29, 0.717) is 5.41 Å². The standard InChI is InChI=1S/C10H21NO/c1-9(2,3)7-10(8-12)5-4-6-11-10/h11-12H,4-8H2,1-3H3. The minimum atomic E-state index is 0.0260. The highest BCUT2D eigenvalue weighted by molar-refractivity contribution is 4.95. The van der Waals surface area contributed by atoms with E-state index in [-0.39, 0.29) is 12.1 Å². The molecule has 72 valence electrons. The first-order valence-electron chi connectivity index (χ1n) is 4.83. The summed E-state index contributed by atoms with van der Waals surface area (Å²) in [5, 5.41) is 12.7. The monoisotopic (exact) mass is 171 g/mol. The van der Waals surface area contributed by atoms with E-state index in [1.54, 1.807) is 0 Å². The van der Waals surface area contributed by atoms with Crippen molar-refractivity contribution in [3.63, 3.8) is 0 Å². The van der Waals surface area contributed by atoms with E-state index < -0.39 is 0 Å². The van der Waals surface area contributed by atoms with Crippen LogP contribution in [0.3, 0.4) is 0 Å². The highest BCUT2D eigenvalue weighted by Crippen LogP contribution is 2.32. The minimum absolute atomic E-state index is 0.0260. The minimum Gasteiger partial charge on any atom is -0.394 e. The second-order valence-electron chi connectivity index (χ2n) is 5.21. The molecule has 1 saturated heterocycles. The van der Waals surface area contributed by atoms with Gasteiger partial charge >= 0.3 is 0 Å². The van der Waals surface area contributed by atoms with E-state index in [1.807, 2.05) is 0 Å². The molecule has 1 atom stereocenters. The van der Waals surface area contributed by atoms with E-state index >= 15 is 0 Å². The van der Waals surface area contributed by atoms with Gasteiger partial charge in [-0.15, -0.1) is 0 Å². The Morgan fingerprint density at radius 3 is 2.42 bits per heavy atom. The number of hydrogen-bond acceptors (Lipinski definition) is 2. The fourth-order valence-electron chi connectivity index (χ4n) is 2.23. The zero-order valence-electron chi connectivity index (χ0n) is 8.48. The molecule has 0 spiro atoms. The summed E-state index contributed by atoms with van der Waals surface area (Å²) in [5.74, 6) is 0. The SMILES string of the molecule is CC(C)(C)CC1(CO)CCCN1. The Bertz CT molecular complexity index is 142. The van der Waals surface area contributed by atoms with Crippen LogP contribution in [0.4, 0.5) is 0 Å². The van der Waals surface area contributed by atoms with Gasteiger partial charge in [-0.2, -0.15) is 0 Å². The van der Waals surface area contributed by atoms with Crippen LogP contribution in [0.25, 0.3) is 0 Å². The molecule has 1 aliphatic heterocycles. The normalized spacial score (nSPS) is 31.0. The molecule has 0 aromatic rings. The van der Waals surface area contributed by atoms with Crippen molar-refractivity contribution in [2.45, 2.75) is 45.6 Å². The average molecular weight is 171 g/mol. The Balaban J connectivity index is 2.55. The number of nitrogens with one attached hydrogen (secondary N) is 1. The number of aliphatic hydroxyl groups is 1. The third kappa shape index (κ3) is 2.46. The average Bonchev–Trinajstić information content (AvgIpc) is 2.34. The van der Waals surface area contributed by atoms with Crippen molar-refractivity contribution >= 4 is 0 Å². The van der Waals surface area contributed by atoms with Crippen LogP contribution < -0.4 is 5.32 Å². The van der Waals surface area contributed by atoms with Crippen molar-refractivity contribution in [2.24, 2.45) is 5.41 Å². The molecular formula is C10H21NO. The van der Waals surface area contributed by atoms with Gasteiger partial charge in [0, 0.05) is 5.54 Å². The zero-order valence-corrected chi connectivity index (χ0v) is 8.48. The molecule has 12 heavy (non-hydrogen) atoms. The number of rotatable bonds is 2. The van der Waals surface area contributed by atoms with E-state index in [0.717, 1.165) is 19.4 Å². The van der Waals surface area contributed by atoms with Crippen LogP contribution in [0.15, 0.2) is 0 Å². The lowest BCUT2D eigenvalue weighted by atomic mass is 9.79. The first-order valence-corrected chi connectivity index (χ1v) is 4.83. The molecule has 0 amide bonds. The maximum Gasteiger partial charge on any atom is 0.0613 e. The van der Waals surface area contributed by atoms with Crippen molar-refractivity contribution in [1.29, 1.82) is 0 Å². The van der Waals surface area contributed by atoms with Crippen LogP contribution in [0, 0.1) is 5.41 Å². The van der Waals surface area contributed by atoms with E-state index in [9.17, 15) is 5.11 Å². The number of aliphatic hydroxyl groups excluding tert-OH is 1. The van der Waals surface area contributed by atoms with Gasteiger partial charge in [-0.25, -0.2) is 0 Å². The van der Waals surface area contributed by atoms with Gasteiger partial charge in [0.25, 0.3) is 0 Å². The Morgan fingerprint density at radius 2 is 2.08 bits per heavy atom. The molecule has 1 fully saturated rings. The fraction of sp³-hybridized carbons (Fsp3) is 1.00. The number of hydrogen-bond donors (Lipinski definition) is 2. The fourth-order valence-corrected chi connectivity index (χ4v) is 2.23. The molecule has 2 heteroatoms. The summed E-state index contributed by atoms with van der Waals surface area (Å²) < 4.78 is 0. The van der Waals surface area contributed by atoms with Crippen molar-refractivity contribution in [1.82, 2.24) is 5.32 Å². The molecule has 0 saturated carbocycles. The Hall–Kier alpha value is -0.0800. The quantitative estimate of drug-likeness (QED) is 0.660. The van der Waals surface area contributed by atoms with Gasteiger partial charge in [0.15, 0.2) is 0 Å². The van der Waals surface area contributed by atoms with Crippen molar-refractivity contribution in [3.05, 3.63) is 0 Å². The van der Waals surface area contributed by atoms with Crippen molar-refractivity contribution in [3.8, 4) is 0 Å². The molecule has 1 aliphatic rings. The molecule has 1 rings (SSSR count). The summed E-state index contributed by atoms with van der Waals surface area (Å²) in [6.45, 7) is 8.03. The Morgan fingerprint density at radius 1 is 1.42 bits per heavy atom. The summed E-state index contributed by atoms with van der Waals surface area (Å²) in [6, 6.07) is 0. The predicted octanol–water partition coefficient (Wildman–Crippen LogP) is 1.54. The van der Waals surface area contributed by atoms with Crippen molar-refractivity contribution < 1.29 is 5.11 Å². The topological polar surface area (TPSA) is 32.3 Å². The molecule has 0 radical (unpaired) electrons. The highest BCUT2D eigenvalue weighted by Gasteiger charge is 2.36. The molecule has 0 aliphatic carbocycles. The van der Waals surface area contributed by atoms with E-state index in [4.69, 9.17) is 0 Å². The zero-order chi connectivity index (χ0) is 9.24. The summed E-state index contributed by atoms with van der Waals surface area (Å²) in [7, 11) is 0. The van der Waals surface area contributed by atoms with Gasteiger partial charge in [0.2, 0.25) is 0 Å². The lowest BCUT2D eigenvalue weighted by Gasteiger charge is -2.34. The maximum absolute atomic E-state index is 9.32. The second-order valence-corrected chi connectivity index (χ2v) is 5.21. The largest absolute Gasteiger partial charge is 0.394 e. The molecule has 0 bridgehead atoms. The Kier molecular flexibility index (Phi) is 2.79. The lowest BCUT2D eigenvalue weighted by Crippen LogP contribution is -2.46. The summed E-state index contributed by atoms with van der Waals surface area (Å²) in [5.41, 5.74) is 0.332. The summed E-state index contributed by atoms with van der Waals surface area (Å²) in [4.78, 5) is 0. The van der Waals surface area contributed by atoms with Crippen LogP contribution in [0.1, 0.15) is 40.0 Å². The van der Waals surface area contributed by atoms with Gasteiger partial charge < -0.3 is 10.4 Å². The molecule has 0 aromatic heterocycles. The summed E-state index contributed by atoms with van der Waals surface area (Å²) >= 11 is 0. The van der Waals surface area contributed by atoms with Crippen LogP contribution in [0.2, 0.25) is 0 Å². The lowest BCUT2D eigenvalue weighted by molar-refractivity contribution is 0.130. The maximum atomic E-state index is 9.32. The molecule has 2 N–H and O–H groups in total. The second kappa shape index (κ2) is 3.35. The smallest absolute Gasteiger partial charge is 0.0613 e. The van der Waals surface area contributed by atoms with E-state index in [1.165, 1.54) is 6.42 Å². The molecule has 1 unspecified atom stereocenters. The van der Waals surface area contributed by atoms with Crippen LogP contribution in [-0.2, 0) is 0 Å². The first kappa shape index (κ1) is 10.0. The molecule has 0 aromatic carbocycles. The molecular weight excluding hydrogens is 150 g/mol. The van der Waals surface area contributed by atoms with Crippen molar-refractivity contribution in [2.75, 3.05) is 13.2 Å². The Labute approximate surface area is 75.4 Å². The summed E-state index contributed by atoms with van der Waals surface area (Å²) in [6.07, 6.45) is 3.40.